The van der Waals surface area contributed by atoms with Gasteiger partial charge in [-0.3, -0.25) is 4.79 Å². The lowest BCUT2D eigenvalue weighted by Crippen LogP contribution is -2.33. The van der Waals surface area contributed by atoms with Crippen LogP contribution < -0.4 is 10.6 Å². The molecule has 0 spiro atoms. The third-order valence-electron chi connectivity index (χ3n) is 3.56. The number of aryl methyl sites for hydroxylation is 1. The lowest BCUT2D eigenvalue weighted by molar-refractivity contribution is -0.118. The van der Waals surface area contributed by atoms with Gasteiger partial charge in [-0.05, 0) is 48.7 Å². The van der Waals surface area contributed by atoms with Gasteiger partial charge in [0.05, 0.1) is 6.42 Å². The molecule has 0 saturated carbocycles. The number of carbonyl (C=O) groups excluding carboxylic acids is 1. The molecule has 2 rings (SSSR count). The Morgan fingerprint density at radius 1 is 1.10 bits per heavy atom. The minimum atomic E-state index is 0.121. The van der Waals surface area contributed by atoms with E-state index in [0.29, 0.717) is 18.7 Å². The van der Waals surface area contributed by atoms with E-state index >= 15 is 0 Å². The topological polar surface area (TPSA) is 46.3 Å². The third-order valence-corrected chi connectivity index (χ3v) is 3.56. The van der Waals surface area contributed by atoms with Gasteiger partial charge in [-0.2, -0.15) is 0 Å². The number of hydrogen-bond donors (Lipinski definition) is 1. The maximum absolute atomic E-state index is 12.6. The van der Waals surface area contributed by atoms with Gasteiger partial charge in [0.15, 0.2) is 0 Å². The van der Waals surface area contributed by atoms with Crippen molar-refractivity contribution in [1.29, 1.82) is 0 Å². The number of nitrogen functional groups attached to an aromatic ring is 1. The van der Waals surface area contributed by atoms with E-state index in [0.717, 1.165) is 23.2 Å². The Morgan fingerprint density at radius 2 is 1.76 bits per heavy atom. The number of carbonyl (C=O) groups is 1. The van der Waals surface area contributed by atoms with Crippen molar-refractivity contribution >= 4 is 17.3 Å². The van der Waals surface area contributed by atoms with Gasteiger partial charge in [-0.15, -0.1) is 0 Å². The van der Waals surface area contributed by atoms with Gasteiger partial charge in [0.2, 0.25) is 5.91 Å². The summed E-state index contributed by atoms with van der Waals surface area (Å²) in [6.07, 6.45) is 1.35. The molecule has 1 amide bonds. The summed E-state index contributed by atoms with van der Waals surface area (Å²) >= 11 is 0. The van der Waals surface area contributed by atoms with Crippen molar-refractivity contribution in [1.82, 2.24) is 0 Å². The van der Waals surface area contributed by atoms with Gasteiger partial charge in [0.1, 0.15) is 0 Å². The van der Waals surface area contributed by atoms with Crippen LogP contribution in [0.15, 0.2) is 48.5 Å². The Labute approximate surface area is 126 Å². The van der Waals surface area contributed by atoms with Crippen molar-refractivity contribution < 1.29 is 4.79 Å². The van der Waals surface area contributed by atoms with Gasteiger partial charge in [-0.1, -0.05) is 31.2 Å². The van der Waals surface area contributed by atoms with Crippen LogP contribution in [0.5, 0.6) is 0 Å². The summed E-state index contributed by atoms with van der Waals surface area (Å²) in [7, 11) is 0. The summed E-state index contributed by atoms with van der Waals surface area (Å²) in [5.41, 5.74) is 9.57. The molecule has 2 aromatic carbocycles. The molecule has 0 saturated heterocycles. The normalized spacial score (nSPS) is 10.4. The lowest BCUT2D eigenvalue weighted by atomic mass is 10.0. The Bertz CT molecular complexity index is 605. The van der Waals surface area contributed by atoms with Crippen molar-refractivity contribution in [2.45, 2.75) is 26.7 Å². The maximum atomic E-state index is 12.6. The monoisotopic (exact) mass is 282 g/mol. The number of nitrogens with two attached hydrogens (primary N) is 1. The van der Waals surface area contributed by atoms with Crippen molar-refractivity contribution in [3.8, 4) is 0 Å². The fourth-order valence-corrected chi connectivity index (χ4v) is 2.34. The zero-order valence-corrected chi connectivity index (χ0v) is 12.7. The molecule has 0 atom stereocenters. The molecule has 3 heteroatoms. The number of benzene rings is 2. The highest BCUT2D eigenvalue weighted by Gasteiger charge is 2.16. The SMILES string of the molecule is CCCN(C(=O)Cc1ccccc1C)c1ccc(N)cc1. The van der Waals surface area contributed by atoms with E-state index in [2.05, 4.69) is 6.92 Å². The first-order valence-corrected chi connectivity index (χ1v) is 7.32. The minimum absolute atomic E-state index is 0.121. The molecule has 3 nitrogen and oxygen atoms in total. The molecule has 0 bridgehead atoms. The smallest absolute Gasteiger partial charge is 0.231 e. The molecule has 110 valence electrons. The predicted molar refractivity (Wildman–Crippen MR) is 88.4 cm³/mol. The molecule has 2 N–H and O–H groups in total. The largest absolute Gasteiger partial charge is 0.399 e. The van der Waals surface area contributed by atoms with Crippen LogP contribution >= 0.6 is 0 Å². The average Bonchev–Trinajstić information content (AvgIpc) is 2.48. The predicted octanol–water partition coefficient (Wildman–Crippen LogP) is 3.56. The first kappa shape index (κ1) is 15.1. The second-order valence-corrected chi connectivity index (χ2v) is 5.24. The summed E-state index contributed by atoms with van der Waals surface area (Å²) in [4.78, 5) is 14.5. The van der Waals surface area contributed by atoms with Gasteiger partial charge in [0, 0.05) is 17.9 Å². The van der Waals surface area contributed by atoms with E-state index in [1.165, 1.54) is 0 Å². The standard InChI is InChI=1S/C18H22N2O/c1-3-12-20(17-10-8-16(19)9-11-17)18(21)13-15-7-5-4-6-14(15)2/h4-11H,3,12-13,19H2,1-2H3. The Kier molecular flexibility index (Phi) is 4.99. The third kappa shape index (κ3) is 3.85. The average molecular weight is 282 g/mol. The Morgan fingerprint density at radius 3 is 2.38 bits per heavy atom. The van der Waals surface area contributed by atoms with Gasteiger partial charge < -0.3 is 10.6 Å². The second-order valence-electron chi connectivity index (χ2n) is 5.24. The number of rotatable bonds is 5. The van der Waals surface area contributed by atoms with Crippen LogP contribution in [0.4, 0.5) is 11.4 Å². The molecule has 0 fully saturated rings. The zero-order chi connectivity index (χ0) is 15.2. The Balaban J connectivity index is 2.20. The maximum Gasteiger partial charge on any atom is 0.231 e. The minimum Gasteiger partial charge on any atom is -0.399 e. The van der Waals surface area contributed by atoms with E-state index in [-0.39, 0.29) is 5.91 Å². The summed E-state index contributed by atoms with van der Waals surface area (Å²) in [5, 5.41) is 0. The van der Waals surface area contributed by atoms with Crippen LogP contribution in [0.3, 0.4) is 0 Å². The fourth-order valence-electron chi connectivity index (χ4n) is 2.34. The number of amides is 1. The molecular formula is C18H22N2O. The van der Waals surface area contributed by atoms with Crippen molar-refractivity contribution in [3.05, 3.63) is 59.7 Å². The van der Waals surface area contributed by atoms with Crippen LogP contribution in [0, 0.1) is 6.92 Å². The summed E-state index contributed by atoms with van der Waals surface area (Å²) in [5.74, 6) is 0.121. The van der Waals surface area contributed by atoms with Crippen LogP contribution in [0.2, 0.25) is 0 Å². The molecular weight excluding hydrogens is 260 g/mol. The van der Waals surface area contributed by atoms with Crippen molar-refractivity contribution in [2.75, 3.05) is 17.2 Å². The Hall–Kier alpha value is -2.29. The van der Waals surface area contributed by atoms with E-state index in [1.807, 2.05) is 60.4 Å². The van der Waals surface area contributed by atoms with Gasteiger partial charge >= 0.3 is 0 Å². The highest BCUT2D eigenvalue weighted by atomic mass is 16.2. The molecule has 0 aliphatic rings. The molecule has 0 aliphatic heterocycles. The van der Waals surface area contributed by atoms with E-state index < -0.39 is 0 Å². The number of nitrogens with zero attached hydrogens (tertiary/aromatic N) is 1. The van der Waals surface area contributed by atoms with Crippen molar-refractivity contribution in [2.24, 2.45) is 0 Å². The summed E-state index contributed by atoms with van der Waals surface area (Å²) in [6.45, 7) is 4.83. The van der Waals surface area contributed by atoms with Crippen LogP contribution in [-0.4, -0.2) is 12.5 Å². The summed E-state index contributed by atoms with van der Waals surface area (Å²) in [6, 6.07) is 15.5. The molecule has 0 unspecified atom stereocenters. The van der Waals surface area contributed by atoms with Gasteiger partial charge in [0.25, 0.3) is 0 Å². The van der Waals surface area contributed by atoms with Crippen LogP contribution in [0.25, 0.3) is 0 Å². The van der Waals surface area contributed by atoms with Crippen LogP contribution in [-0.2, 0) is 11.2 Å². The van der Waals surface area contributed by atoms with Crippen molar-refractivity contribution in [3.63, 3.8) is 0 Å². The molecule has 0 aliphatic carbocycles. The first-order valence-electron chi connectivity index (χ1n) is 7.32. The summed E-state index contributed by atoms with van der Waals surface area (Å²) < 4.78 is 0. The van der Waals surface area contributed by atoms with Crippen LogP contribution in [0.1, 0.15) is 24.5 Å². The van der Waals surface area contributed by atoms with E-state index in [4.69, 9.17) is 5.73 Å². The number of anilines is 2. The van der Waals surface area contributed by atoms with E-state index in [9.17, 15) is 4.79 Å². The molecule has 21 heavy (non-hydrogen) atoms. The number of hydrogen-bond acceptors (Lipinski definition) is 2. The second kappa shape index (κ2) is 6.93. The molecule has 2 aromatic rings. The molecule has 0 radical (unpaired) electrons. The first-order chi connectivity index (χ1) is 10.1. The highest BCUT2D eigenvalue weighted by molar-refractivity contribution is 5.95. The van der Waals surface area contributed by atoms with E-state index in [1.54, 1.807) is 0 Å². The fraction of sp³-hybridized carbons (Fsp3) is 0.278. The highest BCUT2D eigenvalue weighted by Crippen LogP contribution is 2.19. The lowest BCUT2D eigenvalue weighted by Gasteiger charge is -2.23. The molecule has 0 aromatic heterocycles. The van der Waals surface area contributed by atoms with Gasteiger partial charge in [-0.25, -0.2) is 0 Å². The molecule has 0 heterocycles. The zero-order valence-electron chi connectivity index (χ0n) is 12.7. The quantitative estimate of drug-likeness (QED) is 0.852.